The Morgan fingerprint density at radius 2 is 1.75 bits per heavy atom. The van der Waals surface area contributed by atoms with Gasteiger partial charge in [0.05, 0.1) is 0 Å². The summed E-state index contributed by atoms with van der Waals surface area (Å²) in [5.74, 6) is -0.389. The van der Waals surface area contributed by atoms with Crippen molar-refractivity contribution in [1.82, 2.24) is 14.8 Å². The monoisotopic (exact) mass is 466 g/mol. The second-order valence-electron chi connectivity index (χ2n) is 7.40. The second kappa shape index (κ2) is 10.5. The minimum atomic E-state index is -0.285. The molecule has 0 atom stereocenters. The molecule has 4 rings (SSSR count). The molecule has 0 saturated carbocycles. The van der Waals surface area contributed by atoms with Gasteiger partial charge < -0.3 is 4.90 Å². The molecule has 6 nitrogen and oxygen atoms in total. The molecular weight excluding hydrogens is 444 g/mol. The molecule has 1 saturated heterocycles. The van der Waals surface area contributed by atoms with E-state index in [1.54, 1.807) is 29.6 Å². The van der Waals surface area contributed by atoms with E-state index in [0.29, 0.717) is 34.5 Å². The zero-order valence-corrected chi connectivity index (χ0v) is 19.0. The van der Waals surface area contributed by atoms with Crippen molar-refractivity contribution in [2.75, 3.05) is 38.0 Å². The Morgan fingerprint density at radius 3 is 2.47 bits per heavy atom. The van der Waals surface area contributed by atoms with Gasteiger partial charge in [-0.2, -0.15) is 0 Å². The predicted molar refractivity (Wildman–Crippen MR) is 129 cm³/mol. The number of amides is 2. The summed E-state index contributed by atoms with van der Waals surface area (Å²) in [6.07, 6.45) is 4.27. The number of nitrogens with one attached hydrogen (secondary N) is 1. The van der Waals surface area contributed by atoms with Crippen LogP contribution in [0.3, 0.4) is 0 Å². The fraction of sp³-hybridized carbons (Fsp3) is 0.208. The van der Waals surface area contributed by atoms with Crippen molar-refractivity contribution in [3.8, 4) is 0 Å². The van der Waals surface area contributed by atoms with Gasteiger partial charge >= 0.3 is 0 Å². The van der Waals surface area contributed by atoms with Crippen molar-refractivity contribution in [3.05, 3.63) is 87.9 Å². The van der Waals surface area contributed by atoms with Crippen LogP contribution in [0, 0.1) is 0 Å². The van der Waals surface area contributed by atoms with Gasteiger partial charge in [0.25, 0.3) is 11.8 Å². The highest BCUT2D eigenvalue weighted by atomic mass is 35.5. The number of aromatic nitrogens is 1. The Labute approximate surface area is 196 Å². The third kappa shape index (κ3) is 5.82. The number of hydrogen-bond acceptors (Lipinski definition) is 5. The van der Waals surface area contributed by atoms with Crippen LogP contribution >= 0.6 is 22.9 Å². The average molecular weight is 467 g/mol. The molecule has 2 heterocycles. The quantitative estimate of drug-likeness (QED) is 0.580. The first-order valence-electron chi connectivity index (χ1n) is 10.3. The van der Waals surface area contributed by atoms with Gasteiger partial charge in [-0.25, -0.2) is 4.98 Å². The second-order valence-corrected chi connectivity index (χ2v) is 8.70. The van der Waals surface area contributed by atoms with Crippen LogP contribution in [0.1, 0.15) is 26.4 Å². The van der Waals surface area contributed by atoms with Crippen molar-refractivity contribution >= 4 is 46.0 Å². The summed E-state index contributed by atoms with van der Waals surface area (Å²) in [6, 6.07) is 16.8. The van der Waals surface area contributed by atoms with E-state index in [-0.39, 0.29) is 11.8 Å². The summed E-state index contributed by atoms with van der Waals surface area (Å²) >= 11 is 7.10. The van der Waals surface area contributed by atoms with Crippen molar-refractivity contribution in [2.24, 2.45) is 0 Å². The van der Waals surface area contributed by atoms with E-state index in [2.05, 4.69) is 39.5 Å². The first-order chi connectivity index (χ1) is 15.6. The Hall–Kier alpha value is -3.00. The lowest BCUT2D eigenvalue weighted by atomic mass is 10.2. The van der Waals surface area contributed by atoms with Gasteiger partial charge in [0.1, 0.15) is 5.69 Å². The maximum absolute atomic E-state index is 12.8. The van der Waals surface area contributed by atoms with Crippen molar-refractivity contribution in [2.45, 2.75) is 0 Å². The largest absolute Gasteiger partial charge is 0.335 e. The molecule has 1 N–H and O–H groups in total. The summed E-state index contributed by atoms with van der Waals surface area (Å²) < 4.78 is 0. The van der Waals surface area contributed by atoms with E-state index < -0.39 is 0 Å². The molecule has 1 aromatic heterocycles. The Kier molecular flexibility index (Phi) is 7.32. The zero-order valence-electron chi connectivity index (χ0n) is 17.4. The summed E-state index contributed by atoms with van der Waals surface area (Å²) in [5.41, 5.74) is 2.03. The molecule has 32 heavy (non-hydrogen) atoms. The highest BCUT2D eigenvalue weighted by molar-refractivity contribution is 7.14. The van der Waals surface area contributed by atoms with Crippen LogP contribution in [0.15, 0.2) is 66.1 Å². The SMILES string of the molecule is O=C(Nc1nc(C(=O)N2CCN(C/C=C/c3ccccc3)CC2)cs1)c1ccc(Cl)cc1. The van der Waals surface area contributed by atoms with Gasteiger partial charge in [0.15, 0.2) is 5.13 Å². The number of anilines is 1. The summed E-state index contributed by atoms with van der Waals surface area (Å²) in [4.78, 5) is 33.6. The molecule has 8 heteroatoms. The lowest BCUT2D eigenvalue weighted by Crippen LogP contribution is -2.48. The number of benzene rings is 2. The number of piperazine rings is 1. The minimum absolute atomic E-state index is 0.104. The molecular formula is C24H23ClN4O2S. The molecule has 0 bridgehead atoms. The minimum Gasteiger partial charge on any atom is -0.335 e. The first-order valence-corrected chi connectivity index (χ1v) is 11.6. The third-order valence-electron chi connectivity index (χ3n) is 5.18. The van der Waals surface area contributed by atoms with Crippen LogP contribution in [-0.2, 0) is 0 Å². The van der Waals surface area contributed by atoms with Crippen LogP contribution < -0.4 is 5.32 Å². The zero-order chi connectivity index (χ0) is 22.3. The van der Waals surface area contributed by atoms with Gasteiger partial charge in [-0.15, -0.1) is 11.3 Å². The van der Waals surface area contributed by atoms with Gasteiger partial charge in [-0.3, -0.25) is 19.8 Å². The van der Waals surface area contributed by atoms with Crippen molar-refractivity contribution < 1.29 is 9.59 Å². The molecule has 1 aliphatic rings. The lowest BCUT2D eigenvalue weighted by Gasteiger charge is -2.33. The van der Waals surface area contributed by atoms with Gasteiger partial charge in [-0.05, 0) is 29.8 Å². The van der Waals surface area contributed by atoms with Gasteiger partial charge in [0, 0.05) is 48.7 Å². The number of hydrogen-bond donors (Lipinski definition) is 1. The van der Waals surface area contributed by atoms with E-state index in [1.807, 2.05) is 23.1 Å². The Balaban J connectivity index is 1.26. The van der Waals surface area contributed by atoms with Crippen molar-refractivity contribution in [1.29, 1.82) is 0 Å². The molecule has 0 aliphatic carbocycles. The number of carbonyl (C=O) groups is 2. The van der Waals surface area contributed by atoms with E-state index >= 15 is 0 Å². The lowest BCUT2D eigenvalue weighted by molar-refractivity contribution is 0.0645. The fourth-order valence-electron chi connectivity index (χ4n) is 3.40. The van der Waals surface area contributed by atoms with Crippen LogP contribution in [-0.4, -0.2) is 59.3 Å². The fourth-order valence-corrected chi connectivity index (χ4v) is 4.20. The van der Waals surface area contributed by atoms with E-state index in [9.17, 15) is 9.59 Å². The summed E-state index contributed by atoms with van der Waals surface area (Å²) in [7, 11) is 0. The van der Waals surface area contributed by atoms with Crippen LogP contribution in [0.25, 0.3) is 6.08 Å². The average Bonchev–Trinajstić information content (AvgIpc) is 3.28. The smallest absolute Gasteiger partial charge is 0.273 e. The first kappa shape index (κ1) is 22.2. The van der Waals surface area contributed by atoms with Crippen LogP contribution in [0.2, 0.25) is 5.02 Å². The third-order valence-corrected chi connectivity index (χ3v) is 6.19. The van der Waals surface area contributed by atoms with Gasteiger partial charge in [0.2, 0.25) is 0 Å². The predicted octanol–water partition coefficient (Wildman–Crippen LogP) is 4.52. The highest BCUT2D eigenvalue weighted by Crippen LogP contribution is 2.19. The molecule has 3 aromatic rings. The van der Waals surface area contributed by atoms with Crippen molar-refractivity contribution in [3.63, 3.8) is 0 Å². The standard InChI is InChI=1S/C24H23ClN4O2S/c25-20-10-8-19(9-11-20)22(30)27-24-26-21(17-32-24)23(31)29-15-13-28(14-16-29)12-4-7-18-5-2-1-3-6-18/h1-11,17H,12-16H2,(H,26,27,30)/b7-4+. The van der Waals surface area contributed by atoms with E-state index in [1.165, 1.54) is 16.9 Å². The Morgan fingerprint density at radius 1 is 1.03 bits per heavy atom. The van der Waals surface area contributed by atoms with E-state index in [4.69, 9.17) is 11.6 Å². The normalized spacial score (nSPS) is 14.6. The Bertz CT molecular complexity index is 1090. The topological polar surface area (TPSA) is 65.5 Å². The molecule has 164 valence electrons. The maximum Gasteiger partial charge on any atom is 0.273 e. The molecule has 2 aromatic carbocycles. The van der Waals surface area contributed by atoms with Crippen LogP contribution in [0.5, 0.6) is 0 Å². The number of carbonyl (C=O) groups excluding carboxylic acids is 2. The van der Waals surface area contributed by atoms with Gasteiger partial charge in [-0.1, -0.05) is 54.1 Å². The number of nitrogens with zero attached hydrogens (tertiary/aromatic N) is 3. The number of thiazole rings is 1. The molecule has 2 amide bonds. The molecule has 0 unspecified atom stereocenters. The summed E-state index contributed by atoms with van der Waals surface area (Å²) in [6.45, 7) is 3.79. The number of halogens is 1. The molecule has 0 spiro atoms. The summed E-state index contributed by atoms with van der Waals surface area (Å²) in [5, 5.41) is 5.39. The number of rotatable bonds is 6. The molecule has 1 aliphatic heterocycles. The molecule has 1 fully saturated rings. The highest BCUT2D eigenvalue weighted by Gasteiger charge is 2.23. The molecule has 0 radical (unpaired) electrons. The van der Waals surface area contributed by atoms with E-state index in [0.717, 1.165) is 19.6 Å². The van der Waals surface area contributed by atoms with Crippen LogP contribution in [0.4, 0.5) is 5.13 Å². The maximum atomic E-state index is 12.8.